The summed E-state index contributed by atoms with van der Waals surface area (Å²) in [5.41, 5.74) is 11.3. The number of aromatic nitrogens is 3. The first-order valence-electron chi connectivity index (χ1n) is 6.27. The van der Waals surface area contributed by atoms with Crippen molar-refractivity contribution >= 4 is 16.9 Å². The van der Waals surface area contributed by atoms with Gasteiger partial charge in [-0.05, 0) is 49.2 Å². The standard InChI is InChI=1S/C15H16N4/c1-10-6-13-14(7-11(10)2)19(9-17-13)8-12-4-3-5-15(16)18-12/h3-7,9H,8H2,1-2H3,(H2,16,18). The molecule has 4 heteroatoms. The molecule has 0 spiro atoms. The summed E-state index contributed by atoms with van der Waals surface area (Å²) in [5, 5.41) is 0. The van der Waals surface area contributed by atoms with Gasteiger partial charge < -0.3 is 10.3 Å². The van der Waals surface area contributed by atoms with E-state index in [1.165, 1.54) is 11.1 Å². The van der Waals surface area contributed by atoms with E-state index in [1.54, 1.807) is 6.07 Å². The molecule has 0 aliphatic heterocycles. The second kappa shape index (κ2) is 4.39. The van der Waals surface area contributed by atoms with Crippen LogP contribution in [0.5, 0.6) is 0 Å². The Hall–Kier alpha value is -2.36. The number of benzene rings is 1. The van der Waals surface area contributed by atoms with Crippen molar-refractivity contribution in [2.24, 2.45) is 0 Å². The highest BCUT2D eigenvalue weighted by Crippen LogP contribution is 2.19. The Kier molecular flexibility index (Phi) is 2.71. The fourth-order valence-corrected chi connectivity index (χ4v) is 2.20. The number of anilines is 1. The molecule has 0 aliphatic rings. The van der Waals surface area contributed by atoms with Gasteiger partial charge in [-0.15, -0.1) is 0 Å². The van der Waals surface area contributed by atoms with Crippen LogP contribution >= 0.6 is 0 Å². The van der Waals surface area contributed by atoms with Crippen LogP contribution in [0.15, 0.2) is 36.7 Å². The van der Waals surface area contributed by atoms with Gasteiger partial charge >= 0.3 is 0 Å². The third kappa shape index (κ3) is 2.17. The van der Waals surface area contributed by atoms with Gasteiger partial charge in [-0.25, -0.2) is 9.97 Å². The molecule has 2 N–H and O–H groups in total. The Morgan fingerprint density at radius 1 is 1.16 bits per heavy atom. The molecule has 2 aromatic heterocycles. The van der Waals surface area contributed by atoms with Gasteiger partial charge in [0.05, 0.1) is 29.6 Å². The second-order valence-corrected chi connectivity index (χ2v) is 4.85. The summed E-state index contributed by atoms with van der Waals surface area (Å²) in [6, 6.07) is 9.98. The summed E-state index contributed by atoms with van der Waals surface area (Å²) in [4.78, 5) is 8.77. The third-order valence-corrected chi connectivity index (χ3v) is 3.40. The van der Waals surface area contributed by atoms with Crippen LogP contribution in [0.4, 0.5) is 5.82 Å². The van der Waals surface area contributed by atoms with Crippen molar-refractivity contribution in [3.8, 4) is 0 Å². The summed E-state index contributed by atoms with van der Waals surface area (Å²) in [5.74, 6) is 0.550. The van der Waals surface area contributed by atoms with Gasteiger partial charge in [0.1, 0.15) is 5.82 Å². The smallest absolute Gasteiger partial charge is 0.123 e. The van der Waals surface area contributed by atoms with Crippen molar-refractivity contribution in [2.45, 2.75) is 20.4 Å². The lowest BCUT2D eigenvalue weighted by molar-refractivity contribution is 0.798. The molecular weight excluding hydrogens is 236 g/mol. The quantitative estimate of drug-likeness (QED) is 0.763. The predicted molar refractivity (Wildman–Crippen MR) is 77.0 cm³/mol. The molecule has 19 heavy (non-hydrogen) atoms. The number of imidazole rings is 1. The van der Waals surface area contributed by atoms with Crippen molar-refractivity contribution in [2.75, 3.05) is 5.73 Å². The van der Waals surface area contributed by atoms with E-state index in [0.29, 0.717) is 12.4 Å². The Balaban J connectivity index is 2.04. The van der Waals surface area contributed by atoms with Gasteiger partial charge in [-0.3, -0.25) is 0 Å². The molecule has 0 bridgehead atoms. The lowest BCUT2D eigenvalue weighted by Gasteiger charge is -2.06. The minimum Gasteiger partial charge on any atom is -0.384 e. The fraction of sp³-hybridized carbons (Fsp3) is 0.200. The molecule has 0 saturated heterocycles. The van der Waals surface area contributed by atoms with Gasteiger partial charge in [-0.1, -0.05) is 6.07 Å². The first kappa shape index (κ1) is 11.7. The van der Waals surface area contributed by atoms with Crippen molar-refractivity contribution in [3.05, 3.63) is 53.5 Å². The monoisotopic (exact) mass is 252 g/mol. The van der Waals surface area contributed by atoms with Crippen LogP contribution in [0, 0.1) is 13.8 Å². The zero-order valence-electron chi connectivity index (χ0n) is 11.1. The molecule has 0 atom stereocenters. The van der Waals surface area contributed by atoms with Crippen molar-refractivity contribution in [3.63, 3.8) is 0 Å². The average molecular weight is 252 g/mol. The number of rotatable bonds is 2. The number of nitrogens with two attached hydrogens (primary N) is 1. The van der Waals surface area contributed by atoms with Gasteiger partial charge in [0, 0.05) is 0 Å². The zero-order chi connectivity index (χ0) is 13.4. The number of hydrogen-bond acceptors (Lipinski definition) is 3. The average Bonchev–Trinajstić information content (AvgIpc) is 2.73. The minimum absolute atomic E-state index is 0.550. The van der Waals surface area contributed by atoms with E-state index >= 15 is 0 Å². The summed E-state index contributed by atoms with van der Waals surface area (Å²) in [6.45, 7) is 4.90. The number of nitrogens with zero attached hydrogens (tertiary/aromatic N) is 3. The van der Waals surface area contributed by atoms with E-state index in [1.807, 2.05) is 18.5 Å². The lowest BCUT2D eigenvalue weighted by atomic mass is 10.1. The summed E-state index contributed by atoms with van der Waals surface area (Å²) in [7, 11) is 0. The Labute approximate surface area is 111 Å². The van der Waals surface area contributed by atoms with Crippen LogP contribution in [0.3, 0.4) is 0 Å². The predicted octanol–water partition coefficient (Wildman–Crippen LogP) is 2.68. The largest absolute Gasteiger partial charge is 0.384 e. The summed E-state index contributed by atoms with van der Waals surface area (Å²) < 4.78 is 2.10. The maximum absolute atomic E-state index is 5.71. The highest BCUT2D eigenvalue weighted by atomic mass is 15.1. The number of aryl methyl sites for hydroxylation is 2. The number of fused-ring (bicyclic) bond motifs is 1. The maximum Gasteiger partial charge on any atom is 0.123 e. The van der Waals surface area contributed by atoms with Crippen molar-refractivity contribution in [1.82, 2.24) is 14.5 Å². The second-order valence-electron chi connectivity index (χ2n) is 4.85. The van der Waals surface area contributed by atoms with Gasteiger partial charge in [0.15, 0.2) is 0 Å². The highest BCUT2D eigenvalue weighted by Gasteiger charge is 2.06. The van der Waals surface area contributed by atoms with E-state index in [9.17, 15) is 0 Å². The van der Waals surface area contributed by atoms with Crippen molar-refractivity contribution in [1.29, 1.82) is 0 Å². The lowest BCUT2D eigenvalue weighted by Crippen LogP contribution is -2.02. The maximum atomic E-state index is 5.71. The molecule has 0 saturated carbocycles. The molecule has 0 fully saturated rings. The van der Waals surface area contributed by atoms with Crippen LogP contribution < -0.4 is 5.73 Å². The first-order chi connectivity index (χ1) is 9.13. The van der Waals surface area contributed by atoms with E-state index in [2.05, 4.69) is 40.5 Å². The molecule has 3 rings (SSSR count). The van der Waals surface area contributed by atoms with E-state index < -0.39 is 0 Å². The van der Waals surface area contributed by atoms with Crippen LogP contribution in [0.2, 0.25) is 0 Å². The summed E-state index contributed by atoms with van der Waals surface area (Å²) in [6.07, 6.45) is 1.86. The molecule has 0 amide bonds. The van der Waals surface area contributed by atoms with Gasteiger partial charge in [-0.2, -0.15) is 0 Å². The molecule has 1 aromatic carbocycles. The van der Waals surface area contributed by atoms with E-state index in [0.717, 1.165) is 16.7 Å². The highest BCUT2D eigenvalue weighted by molar-refractivity contribution is 5.77. The molecule has 0 unspecified atom stereocenters. The third-order valence-electron chi connectivity index (χ3n) is 3.40. The van der Waals surface area contributed by atoms with Crippen LogP contribution in [0.25, 0.3) is 11.0 Å². The van der Waals surface area contributed by atoms with Crippen molar-refractivity contribution < 1.29 is 0 Å². The fourth-order valence-electron chi connectivity index (χ4n) is 2.20. The number of pyridine rings is 1. The number of hydrogen-bond donors (Lipinski definition) is 1. The normalized spacial score (nSPS) is 11.1. The molecular formula is C15H16N4. The number of nitrogen functional groups attached to an aromatic ring is 1. The minimum atomic E-state index is 0.550. The zero-order valence-corrected chi connectivity index (χ0v) is 11.1. The Morgan fingerprint density at radius 3 is 2.74 bits per heavy atom. The molecule has 0 aliphatic carbocycles. The van der Waals surface area contributed by atoms with E-state index in [-0.39, 0.29) is 0 Å². The molecule has 96 valence electrons. The van der Waals surface area contributed by atoms with Crippen LogP contribution in [-0.4, -0.2) is 14.5 Å². The van der Waals surface area contributed by atoms with Gasteiger partial charge in [0.2, 0.25) is 0 Å². The SMILES string of the molecule is Cc1cc2ncn(Cc3cccc(N)n3)c2cc1C. The molecule has 3 aromatic rings. The molecule has 4 nitrogen and oxygen atoms in total. The molecule has 2 heterocycles. The van der Waals surface area contributed by atoms with Gasteiger partial charge in [0.25, 0.3) is 0 Å². The summed E-state index contributed by atoms with van der Waals surface area (Å²) >= 11 is 0. The topological polar surface area (TPSA) is 56.7 Å². The Bertz CT molecular complexity index is 743. The Morgan fingerprint density at radius 2 is 1.95 bits per heavy atom. The first-order valence-corrected chi connectivity index (χ1v) is 6.27. The van der Waals surface area contributed by atoms with Crippen LogP contribution in [-0.2, 0) is 6.54 Å². The van der Waals surface area contributed by atoms with Crippen LogP contribution in [0.1, 0.15) is 16.8 Å². The van der Waals surface area contributed by atoms with E-state index in [4.69, 9.17) is 5.73 Å². The molecule has 0 radical (unpaired) electrons.